The van der Waals surface area contributed by atoms with Crippen molar-refractivity contribution in [3.63, 3.8) is 0 Å². The summed E-state index contributed by atoms with van der Waals surface area (Å²) >= 11 is 8.61. The number of hydrogen-bond acceptors (Lipinski definition) is 7. The Morgan fingerprint density at radius 3 is 2.28 bits per heavy atom. The topological polar surface area (TPSA) is 73.8 Å². The molecule has 0 aromatic heterocycles. The lowest BCUT2D eigenvalue weighted by molar-refractivity contribution is -0.122. The molecule has 1 amide bonds. The molecular formula is C42H63N3O3S2. The van der Waals surface area contributed by atoms with E-state index in [0.29, 0.717) is 37.7 Å². The van der Waals surface area contributed by atoms with Crippen LogP contribution in [0.3, 0.4) is 0 Å². The molecule has 0 heterocycles. The summed E-state index contributed by atoms with van der Waals surface area (Å²) in [7, 11) is 0. The van der Waals surface area contributed by atoms with E-state index in [1.54, 1.807) is 6.07 Å². The van der Waals surface area contributed by atoms with Gasteiger partial charge in [-0.05, 0) is 79.7 Å². The summed E-state index contributed by atoms with van der Waals surface area (Å²) in [5.41, 5.74) is 6.67. The lowest BCUT2D eigenvalue weighted by Crippen LogP contribution is -2.44. The van der Waals surface area contributed by atoms with Crippen LogP contribution in [0.2, 0.25) is 0 Å². The minimum Gasteiger partial charge on any atom is -0.507 e. The van der Waals surface area contributed by atoms with Crippen molar-refractivity contribution in [3.8, 4) is 22.6 Å². The Morgan fingerprint density at radius 1 is 0.920 bits per heavy atom. The average Bonchev–Trinajstić information content (AvgIpc) is 3.10. The molecule has 0 aliphatic heterocycles. The molecule has 1 unspecified atom stereocenters. The standard InChI is InChI=1S/C42H63N3O3S2/c1-7-9-21-42(6,36-18-14-33(15-19-36)29-45(23-26-50)30-40(47)43-22-25-49)44-31-41(4,5)20-10-11-24-48-39-28-38(46)37(27-34(39)8-2)35-16-12-32(3)13-17-35/h12-19,27-28,44,46,49-50H,7-11,20-26,29-31H2,1-6H3,(H,43,47). The van der Waals surface area contributed by atoms with Crippen LogP contribution in [0.4, 0.5) is 0 Å². The molecular weight excluding hydrogens is 659 g/mol. The molecule has 0 fully saturated rings. The summed E-state index contributed by atoms with van der Waals surface area (Å²) in [5.74, 6) is 2.40. The Hall–Kier alpha value is -2.65. The van der Waals surface area contributed by atoms with Gasteiger partial charge in [-0.1, -0.05) is 94.6 Å². The Morgan fingerprint density at radius 2 is 1.64 bits per heavy atom. The van der Waals surface area contributed by atoms with E-state index in [9.17, 15) is 9.90 Å². The molecule has 3 aromatic carbocycles. The van der Waals surface area contributed by atoms with Crippen LogP contribution in [-0.4, -0.2) is 60.2 Å². The van der Waals surface area contributed by atoms with E-state index >= 15 is 0 Å². The van der Waals surface area contributed by atoms with Crippen molar-refractivity contribution in [2.45, 2.75) is 98.6 Å². The van der Waals surface area contributed by atoms with Gasteiger partial charge in [0, 0.05) is 54.9 Å². The first kappa shape index (κ1) is 41.8. The number of nitrogens with one attached hydrogen (secondary N) is 2. The summed E-state index contributed by atoms with van der Waals surface area (Å²) < 4.78 is 6.23. The van der Waals surface area contributed by atoms with Crippen molar-refractivity contribution in [2.75, 3.05) is 44.3 Å². The number of amides is 1. The van der Waals surface area contributed by atoms with Crippen LogP contribution < -0.4 is 15.4 Å². The van der Waals surface area contributed by atoms with E-state index in [4.69, 9.17) is 4.74 Å². The Labute approximate surface area is 314 Å². The van der Waals surface area contributed by atoms with Crippen LogP contribution in [0, 0.1) is 12.3 Å². The van der Waals surface area contributed by atoms with Gasteiger partial charge in [-0.25, -0.2) is 0 Å². The molecule has 0 aliphatic carbocycles. The van der Waals surface area contributed by atoms with Gasteiger partial charge in [0.25, 0.3) is 0 Å². The van der Waals surface area contributed by atoms with E-state index in [0.717, 1.165) is 80.5 Å². The molecule has 0 saturated heterocycles. The monoisotopic (exact) mass is 721 g/mol. The van der Waals surface area contributed by atoms with Crippen LogP contribution in [-0.2, 0) is 23.3 Å². The number of rotatable bonds is 23. The molecule has 276 valence electrons. The Bertz CT molecular complexity index is 1450. The van der Waals surface area contributed by atoms with Crippen molar-refractivity contribution < 1.29 is 14.6 Å². The maximum Gasteiger partial charge on any atom is 0.234 e. The fourth-order valence-corrected chi connectivity index (χ4v) is 6.71. The largest absolute Gasteiger partial charge is 0.507 e. The van der Waals surface area contributed by atoms with Gasteiger partial charge in [-0.3, -0.25) is 9.69 Å². The van der Waals surface area contributed by atoms with Gasteiger partial charge in [0.15, 0.2) is 0 Å². The number of carbonyl (C=O) groups excluding carboxylic acids is 1. The first-order chi connectivity index (χ1) is 23.9. The fraction of sp³-hybridized carbons (Fsp3) is 0.548. The Balaban J connectivity index is 1.54. The molecule has 0 bridgehead atoms. The molecule has 3 rings (SSSR count). The summed E-state index contributed by atoms with van der Waals surface area (Å²) in [5, 5.41) is 17.7. The third kappa shape index (κ3) is 13.5. The number of unbranched alkanes of at least 4 members (excludes halogenated alkanes) is 2. The normalized spacial score (nSPS) is 13.0. The highest BCUT2D eigenvalue weighted by Gasteiger charge is 2.29. The quantitative estimate of drug-likeness (QED) is 0.0500. The smallest absolute Gasteiger partial charge is 0.234 e. The molecule has 0 aliphatic rings. The maximum absolute atomic E-state index is 12.3. The number of hydrogen-bond donors (Lipinski definition) is 5. The number of thiol groups is 2. The first-order valence-corrected chi connectivity index (χ1v) is 19.8. The molecule has 50 heavy (non-hydrogen) atoms. The van der Waals surface area contributed by atoms with Crippen LogP contribution in [0.15, 0.2) is 60.7 Å². The van der Waals surface area contributed by atoms with Crippen LogP contribution in [0.1, 0.15) is 95.4 Å². The summed E-state index contributed by atoms with van der Waals surface area (Å²) in [6.45, 7) is 17.4. The van der Waals surface area contributed by atoms with Gasteiger partial charge in [-0.15, -0.1) is 0 Å². The van der Waals surface area contributed by atoms with Gasteiger partial charge < -0.3 is 20.5 Å². The zero-order valence-electron chi connectivity index (χ0n) is 31.5. The van der Waals surface area contributed by atoms with Crippen molar-refractivity contribution in [3.05, 3.63) is 82.9 Å². The van der Waals surface area contributed by atoms with Crippen molar-refractivity contribution in [1.82, 2.24) is 15.5 Å². The zero-order valence-corrected chi connectivity index (χ0v) is 33.3. The number of aromatic hydroxyl groups is 1. The highest BCUT2D eigenvalue weighted by molar-refractivity contribution is 7.80. The number of ether oxygens (including phenoxy) is 1. The van der Waals surface area contributed by atoms with Gasteiger partial charge in [0.2, 0.25) is 5.91 Å². The van der Waals surface area contributed by atoms with E-state index in [-0.39, 0.29) is 22.6 Å². The van der Waals surface area contributed by atoms with E-state index in [1.807, 2.05) is 0 Å². The SMILES string of the molecule is CCCCC(C)(NCC(C)(C)CCCCOc1cc(O)c(-c2ccc(C)cc2)cc1CC)c1ccc(CN(CCS)CC(=O)NCCS)cc1. The first-order valence-electron chi connectivity index (χ1n) is 18.5. The number of benzene rings is 3. The van der Waals surface area contributed by atoms with Crippen LogP contribution >= 0.6 is 25.3 Å². The van der Waals surface area contributed by atoms with Crippen molar-refractivity contribution in [1.29, 1.82) is 0 Å². The molecule has 0 radical (unpaired) electrons. The number of aryl methyl sites for hydroxylation is 2. The second-order valence-corrected chi connectivity index (χ2v) is 15.6. The highest BCUT2D eigenvalue weighted by Crippen LogP contribution is 2.36. The highest BCUT2D eigenvalue weighted by atomic mass is 32.1. The third-order valence-electron chi connectivity index (χ3n) is 9.63. The lowest BCUT2D eigenvalue weighted by Gasteiger charge is -2.36. The van der Waals surface area contributed by atoms with E-state index < -0.39 is 0 Å². The molecule has 1 atom stereocenters. The maximum atomic E-state index is 12.3. The number of phenols is 1. The molecule has 0 spiro atoms. The van der Waals surface area contributed by atoms with Crippen LogP contribution in [0.5, 0.6) is 11.5 Å². The van der Waals surface area contributed by atoms with Gasteiger partial charge >= 0.3 is 0 Å². The van der Waals surface area contributed by atoms with Crippen molar-refractivity contribution >= 4 is 31.2 Å². The third-order valence-corrected chi connectivity index (χ3v) is 10.1. The second kappa shape index (κ2) is 21.0. The van der Waals surface area contributed by atoms with Crippen molar-refractivity contribution in [2.24, 2.45) is 5.41 Å². The number of carbonyl (C=O) groups is 1. The Kier molecular flexibility index (Phi) is 17.6. The van der Waals surface area contributed by atoms with E-state index in [1.165, 1.54) is 16.7 Å². The van der Waals surface area contributed by atoms with E-state index in [2.05, 4.69) is 137 Å². The molecule has 3 aromatic rings. The number of nitrogens with zero attached hydrogens (tertiary/aromatic N) is 1. The number of phenolic OH excluding ortho intramolecular Hbond substituents is 1. The molecule has 8 heteroatoms. The lowest BCUT2D eigenvalue weighted by atomic mass is 9.82. The predicted octanol–water partition coefficient (Wildman–Crippen LogP) is 8.98. The van der Waals surface area contributed by atoms with Crippen LogP contribution in [0.25, 0.3) is 11.1 Å². The molecule has 3 N–H and O–H groups in total. The summed E-state index contributed by atoms with van der Waals surface area (Å²) in [6.07, 6.45) is 7.34. The van der Waals surface area contributed by atoms with Gasteiger partial charge in [0.05, 0.1) is 13.2 Å². The second-order valence-electron chi connectivity index (χ2n) is 14.7. The minimum absolute atomic E-state index is 0.0266. The summed E-state index contributed by atoms with van der Waals surface area (Å²) in [4.78, 5) is 14.5. The predicted molar refractivity (Wildman–Crippen MR) is 218 cm³/mol. The zero-order chi connectivity index (χ0) is 36.6. The molecule has 6 nitrogen and oxygen atoms in total. The summed E-state index contributed by atoms with van der Waals surface area (Å²) in [6, 6.07) is 21.1. The molecule has 0 saturated carbocycles. The van der Waals surface area contributed by atoms with Gasteiger partial charge in [-0.2, -0.15) is 25.3 Å². The minimum atomic E-state index is -0.129. The average molecular weight is 722 g/mol. The van der Waals surface area contributed by atoms with Gasteiger partial charge in [0.1, 0.15) is 11.5 Å². The fourth-order valence-electron chi connectivity index (χ4n) is 6.31.